The average Bonchev–Trinajstić information content (AvgIpc) is 2.83. The number of nitrogens with two attached hydrogens (primary N) is 1. The van der Waals surface area contributed by atoms with Gasteiger partial charge >= 0.3 is 5.97 Å². The van der Waals surface area contributed by atoms with E-state index in [9.17, 15) is 9.59 Å². The van der Waals surface area contributed by atoms with Gasteiger partial charge in [0.25, 0.3) is 5.91 Å². The predicted molar refractivity (Wildman–Crippen MR) is 125 cm³/mol. The molecule has 3 N–H and O–H groups in total. The summed E-state index contributed by atoms with van der Waals surface area (Å²) in [6.45, 7) is 1.25. The van der Waals surface area contributed by atoms with Crippen LogP contribution >= 0.6 is 0 Å². The molecule has 1 atom stereocenters. The number of anilines is 1. The zero-order valence-corrected chi connectivity index (χ0v) is 18.1. The molecule has 7 nitrogen and oxygen atoms in total. The number of para-hydroxylation sites is 2. The number of ether oxygens (including phenoxy) is 2. The number of nitrogens with zero attached hydrogens (tertiary/aromatic N) is 1. The van der Waals surface area contributed by atoms with Crippen LogP contribution in [0.4, 0.5) is 5.69 Å². The number of carboxylic acid groups (broad SMARTS) is 1. The molecule has 1 unspecified atom stereocenters. The van der Waals surface area contributed by atoms with E-state index in [1.54, 1.807) is 29.2 Å². The quantitative estimate of drug-likeness (QED) is 0.520. The monoisotopic (exact) mass is 446 g/mol. The molecule has 0 radical (unpaired) electrons. The number of hydrogen-bond donors (Lipinski definition) is 2. The predicted octanol–water partition coefficient (Wildman–Crippen LogP) is 3.65. The number of carbonyl (C=O) groups excluding carboxylic acids is 1. The van der Waals surface area contributed by atoms with Crippen molar-refractivity contribution in [2.75, 3.05) is 18.1 Å². The van der Waals surface area contributed by atoms with E-state index in [1.807, 2.05) is 48.5 Å². The smallest absolute Gasteiger partial charge is 0.335 e. The van der Waals surface area contributed by atoms with Crippen molar-refractivity contribution in [2.24, 2.45) is 5.73 Å². The van der Waals surface area contributed by atoms with Gasteiger partial charge in [-0.1, -0.05) is 36.4 Å². The maximum Gasteiger partial charge on any atom is 0.335 e. The average molecular weight is 447 g/mol. The van der Waals surface area contributed by atoms with Crippen LogP contribution in [0.5, 0.6) is 11.5 Å². The van der Waals surface area contributed by atoms with E-state index in [2.05, 4.69) is 0 Å². The molecule has 1 heterocycles. The molecule has 4 rings (SSSR count). The minimum absolute atomic E-state index is 0.155. The van der Waals surface area contributed by atoms with Crippen molar-refractivity contribution < 1.29 is 24.2 Å². The summed E-state index contributed by atoms with van der Waals surface area (Å²) >= 11 is 0. The maximum absolute atomic E-state index is 13.3. The third-order valence-corrected chi connectivity index (χ3v) is 5.51. The van der Waals surface area contributed by atoms with Crippen LogP contribution in [-0.2, 0) is 17.8 Å². The summed E-state index contributed by atoms with van der Waals surface area (Å²) in [7, 11) is 0. The molecule has 0 fully saturated rings. The Morgan fingerprint density at radius 1 is 1.00 bits per heavy atom. The van der Waals surface area contributed by atoms with Crippen molar-refractivity contribution in [3.8, 4) is 11.5 Å². The molecule has 7 heteroatoms. The van der Waals surface area contributed by atoms with Crippen LogP contribution in [0.3, 0.4) is 0 Å². The minimum atomic E-state index is -0.983. The Bertz CT molecular complexity index is 1110. The Morgan fingerprint density at radius 2 is 1.70 bits per heavy atom. The maximum atomic E-state index is 13.3. The van der Waals surface area contributed by atoms with E-state index in [-0.39, 0.29) is 11.5 Å². The second-order valence-electron chi connectivity index (χ2n) is 7.82. The molecule has 0 aromatic heterocycles. The first kappa shape index (κ1) is 22.4. The number of aromatic carboxylic acids is 1. The van der Waals surface area contributed by atoms with Gasteiger partial charge < -0.3 is 25.2 Å². The molecule has 33 heavy (non-hydrogen) atoms. The van der Waals surface area contributed by atoms with Crippen molar-refractivity contribution >= 4 is 17.6 Å². The van der Waals surface area contributed by atoms with Gasteiger partial charge in [0.1, 0.15) is 11.5 Å². The second kappa shape index (κ2) is 10.2. The molecule has 0 spiro atoms. The van der Waals surface area contributed by atoms with Gasteiger partial charge in [-0.05, 0) is 60.5 Å². The second-order valence-corrected chi connectivity index (χ2v) is 7.82. The number of fused-ring (bicyclic) bond motifs is 1. The minimum Gasteiger partial charge on any atom is -0.493 e. The van der Waals surface area contributed by atoms with Crippen LogP contribution in [0.25, 0.3) is 0 Å². The topological polar surface area (TPSA) is 102 Å². The number of amides is 1. The zero-order chi connectivity index (χ0) is 23.2. The van der Waals surface area contributed by atoms with Gasteiger partial charge in [0, 0.05) is 6.42 Å². The fourth-order valence-electron chi connectivity index (χ4n) is 3.76. The molecule has 0 aliphatic carbocycles. The van der Waals surface area contributed by atoms with Crippen molar-refractivity contribution in [1.29, 1.82) is 0 Å². The normalized spacial score (nSPS) is 15.0. The molecule has 1 aliphatic rings. The Labute approximate surface area is 192 Å². The molecular formula is C26H26N2O5. The Kier molecular flexibility index (Phi) is 6.90. The lowest BCUT2D eigenvalue weighted by Gasteiger charge is -2.34. The lowest BCUT2D eigenvalue weighted by Crippen LogP contribution is -2.46. The molecule has 0 saturated carbocycles. The van der Waals surface area contributed by atoms with E-state index in [1.165, 1.54) is 0 Å². The number of rotatable bonds is 9. The first-order chi connectivity index (χ1) is 16.0. The van der Waals surface area contributed by atoms with Crippen LogP contribution in [-0.4, -0.2) is 36.2 Å². The highest BCUT2D eigenvalue weighted by Gasteiger charge is 2.34. The van der Waals surface area contributed by atoms with Gasteiger partial charge in [0.2, 0.25) is 0 Å². The first-order valence-electron chi connectivity index (χ1n) is 10.9. The summed E-state index contributed by atoms with van der Waals surface area (Å²) in [6, 6.07) is 21.7. The van der Waals surface area contributed by atoms with Crippen LogP contribution in [0.15, 0.2) is 72.8 Å². The largest absolute Gasteiger partial charge is 0.493 e. The molecule has 3 aromatic rings. The Hall–Kier alpha value is -3.84. The highest BCUT2D eigenvalue weighted by molar-refractivity contribution is 6.00. The highest BCUT2D eigenvalue weighted by atomic mass is 16.5. The Balaban J connectivity index is 1.44. The van der Waals surface area contributed by atoms with Gasteiger partial charge in [-0.2, -0.15) is 0 Å². The summed E-state index contributed by atoms with van der Waals surface area (Å²) in [6.07, 6.45) is 0.542. The van der Waals surface area contributed by atoms with E-state index in [0.717, 1.165) is 23.3 Å². The van der Waals surface area contributed by atoms with E-state index in [4.69, 9.17) is 20.3 Å². The number of hydrogen-bond acceptors (Lipinski definition) is 5. The summed E-state index contributed by atoms with van der Waals surface area (Å²) in [5.41, 5.74) is 8.46. The Morgan fingerprint density at radius 3 is 2.39 bits per heavy atom. The van der Waals surface area contributed by atoms with E-state index < -0.39 is 12.1 Å². The lowest BCUT2D eigenvalue weighted by molar-refractivity contribution is -0.127. The highest BCUT2D eigenvalue weighted by Crippen LogP contribution is 2.35. The van der Waals surface area contributed by atoms with Crippen molar-refractivity contribution in [3.63, 3.8) is 0 Å². The van der Waals surface area contributed by atoms with Crippen molar-refractivity contribution in [3.05, 3.63) is 89.5 Å². The van der Waals surface area contributed by atoms with Crippen molar-refractivity contribution in [2.45, 2.75) is 25.5 Å². The van der Waals surface area contributed by atoms with Gasteiger partial charge in [-0.25, -0.2) is 4.79 Å². The molecule has 170 valence electrons. The van der Waals surface area contributed by atoms with Crippen LogP contribution in [0, 0.1) is 0 Å². The van der Waals surface area contributed by atoms with Gasteiger partial charge in [-0.3, -0.25) is 4.79 Å². The number of carboxylic acids is 1. The lowest BCUT2D eigenvalue weighted by atomic mass is 10.1. The molecular weight excluding hydrogens is 420 g/mol. The van der Waals surface area contributed by atoms with Gasteiger partial charge in [0.05, 0.1) is 24.4 Å². The standard InChI is InChI=1S/C26H26N2O5/c27-15-13-18-7-11-21(12-8-18)32-16-14-24-25(29)28(22-3-1-2-4-23(22)33-24)17-19-5-9-20(10-6-19)26(30)31/h1-12,24H,13-17,27H2,(H,30,31). The summed E-state index contributed by atoms with van der Waals surface area (Å²) in [5, 5.41) is 9.11. The van der Waals surface area contributed by atoms with Crippen LogP contribution in [0.1, 0.15) is 27.9 Å². The molecule has 3 aromatic carbocycles. The first-order valence-corrected chi connectivity index (χ1v) is 10.9. The fourth-order valence-corrected chi connectivity index (χ4v) is 3.76. The van der Waals surface area contributed by atoms with Gasteiger partial charge in [0.15, 0.2) is 6.10 Å². The van der Waals surface area contributed by atoms with E-state index in [0.29, 0.717) is 37.6 Å². The summed E-state index contributed by atoms with van der Waals surface area (Å²) in [5.74, 6) is 0.228. The van der Waals surface area contributed by atoms with Crippen LogP contribution in [0.2, 0.25) is 0 Å². The fraction of sp³-hybridized carbons (Fsp3) is 0.231. The van der Waals surface area contributed by atoms with E-state index >= 15 is 0 Å². The molecule has 1 aliphatic heterocycles. The zero-order valence-electron chi connectivity index (χ0n) is 18.1. The number of benzene rings is 3. The molecule has 1 amide bonds. The van der Waals surface area contributed by atoms with Crippen molar-refractivity contribution in [1.82, 2.24) is 0 Å². The van der Waals surface area contributed by atoms with Gasteiger partial charge in [-0.15, -0.1) is 0 Å². The molecule has 0 bridgehead atoms. The molecule has 0 saturated heterocycles. The number of carbonyl (C=O) groups is 2. The SMILES string of the molecule is NCCc1ccc(OCCC2Oc3ccccc3N(Cc3ccc(C(=O)O)cc3)C2=O)cc1. The summed E-state index contributed by atoms with van der Waals surface area (Å²) < 4.78 is 11.8. The van der Waals surface area contributed by atoms with Crippen LogP contribution < -0.4 is 20.1 Å². The third-order valence-electron chi connectivity index (χ3n) is 5.51. The summed E-state index contributed by atoms with van der Waals surface area (Å²) in [4.78, 5) is 26.1. The third kappa shape index (κ3) is 5.32.